The third kappa shape index (κ3) is 27.5. The number of nitrogens with zero attached hydrogens (tertiary/aromatic N) is 2. The fourth-order valence-electron chi connectivity index (χ4n) is 9.44. The lowest BCUT2D eigenvalue weighted by molar-refractivity contribution is -0.439. The van der Waals surface area contributed by atoms with Gasteiger partial charge in [-0.15, -0.1) is 0 Å². The first-order valence-corrected chi connectivity index (χ1v) is 32.9. The normalized spacial score (nSPS) is 15.8. The van der Waals surface area contributed by atoms with Crippen molar-refractivity contribution in [2.24, 2.45) is 4.99 Å². The number of aliphatic imine (C=N–C) groups is 1. The van der Waals surface area contributed by atoms with Gasteiger partial charge in [0.05, 0.1) is 48.2 Å². The van der Waals surface area contributed by atoms with Crippen molar-refractivity contribution in [3.63, 3.8) is 0 Å². The molecule has 85 heavy (non-hydrogen) atoms. The Balaban J connectivity index is 0.00000144. The van der Waals surface area contributed by atoms with Crippen molar-refractivity contribution in [1.29, 1.82) is 0 Å². The van der Waals surface area contributed by atoms with E-state index in [-0.39, 0.29) is 82.9 Å². The monoisotopic (exact) mass is 1360 g/mol. The van der Waals surface area contributed by atoms with Gasteiger partial charge in [-0.05, 0) is 109 Å². The van der Waals surface area contributed by atoms with E-state index in [0.29, 0.717) is 107 Å². The summed E-state index contributed by atoms with van der Waals surface area (Å²) in [5.41, 5.74) is 3.62. The van der Waals surface area contributed by atoms with Crippen molar-refractivity contribution in [2.45, 2.75) is 200 Å². The number of hydrogen-bond donors (Lipinski definition) is 6. The molecule has 4 rings (SSSR count). The molecular formula is C61H94Br2N2O18P2. The first kappa shape index (κ1) is 80.3. The van der Waals surface area contributed by atoms with E-state index in [2.05, 4.69) is 38.7 Å². The summed E-state index contributed by atoms with van der Waals surface area (Å²) in [7, 11) is -7.63. The number of unbranched alkanes of at least 4 members (excludes halogenated alkanes) is 12. The molecule has 2 aliphatic rings. The Morgan fingerprint density at radius 1 is 0.494 bits per heavy atom. The highest BCUT2D eigenvalue weighted by atomic mass is 79.9. The van der Waals surface area contributed by atoms with E-state index in [1.165, 1.54) is 0 Å². The van der Waals surface area contributed by atoms with E-state index in [1.54, 1.807) is 0 Å². The maximum absolute atomic E-state index is 14.4. The molecule has 6 N–H and O–H groups in total. The molecular weight excluding hydrogens is 1270 g/mol. The van der Waals surface area contributed by atoms with E-state index >= 15 is 0 Å². The van der Waals surface area contributed by atoms with E-state index < -0.39 is 61.8 Å². The van der Waals surface area contributed by atoms with Crippen LogP contribution in [0.3, 0.4) is 0 Å². The van der Waals surface area contributed by atoms with Crippen molar-refractivity contribution >= 4 is 89.7 Å². The Morgan fingerprint density at radius 2 is 0.812 bits per heavy atom. The van der Waals surface area contributed by atoms with Gasteiger partial charge < -0.3 is 65.7 Å². The number of para-hydroxylation sites is 2. The zero-order valence-corrected chi connectivity index (χ0v) is 54.3. The van der Waals surface area contributed by atoms with Crippen LogP contribution < -0.4 is 17.0 Å². The van der Waals surface area contributed by atoms with Crippen LogP contribution >= 0.6 is 31.1 Å². The number of halogens is 2. The highest BCUT2D eigenvalue weighted by Crippen LogP contribution is 2.65. The van der Waals surface area contributed by atoms with Gasteiger partial charge in [0, 0.05) is 74.5 Å². The van der Waals surface area contributed by atoms with Gasteiger partial charge in [-0.2, -0.15) is 4.58 Å². The molecule has 24 heteroatoms. The number of hydrogen-bond acceptors (Lipinski definition) is 13. The second kappa shape index (κ2) is 42.3. The molecule has 0 spiro atoms. The smallest absolute Gasteiger partial charge is 0.358 e. The number of rotatable bonds is 43. The van der Waals surface area contributed by atoms with Gasteiger partial charge in [0.15, 0.2) is 5.71 Å². The summed E-state index contributed by atoms with van der Waals surface area (Å²) in [5.74, 6) is -4.90. The van der Waals surface area contributed by atoms with Crippen molar-refractivity contribution in [2.75, 3.05) is 38.3 Å². The number of carboxylic acids is 6. The summed E-state index contributed by atoms with van der Waals surface area (Å²) in [5, 5.41) is 54.0. The summed E-state index contributed by atoms with van der Waals surface area (Å²) >= 11 is 3.27. The maximum atomic E-state index is 14.4. The summed E-state index contributed by atoms with van der Waals surface area (Å²) in [6, 6.07) is 15.5. The fraction of sp³-hybridized carbons (Fsp3) is 0.607. The first-order chi connectivity index (χ1) is 39.3. The number of carbonyl (C=O) groups is 6. The van der Waals surface area contributed by atoms with Crippen LogP contribution in [0.1, 0.15) is 200 Å². The van der Waals surface area contributed by atoms with Crippen molar-refractivity contribution < 1.29 is 108 Å². The quantitative estimate of drug-likeness (QED) is 0.0156. The number of aliphatic carboxylic acids is 6. The lowest BCUT2D eigenvalue weighted by Gasteiger charge is -2.33. The fourth-order valence-corrected chi connectivity index (χ4v) is 13.7. The number of alkyl halides is 1. The van der Waals surface area contributed by atoms with E-state index in [0.717, 1.165) is 71.4 Å². The Morgan fingerprint density at radius 3 is 1.18 bits per heavy atom. The van der Waals surface area contributed by atoms with Crippen molar-refractivity contribution in [1.82, 2.24) is 0 Å². The largest absolute Gasteiger partial charge is 1.00 e. The molecule has 0 aromatic heterocycles. The molecule has 2 aliphatic heterocycles. The predicted molar refractivity (Wildman–Crippen MR) is 330 cm³/mol. The Kier molecular flexibility index (Phi) is 39.9. The summed E-state index contributed by atoms with van der Waals surface area (Å²) < 4.78 is 54.1. The average Bonchev–Trinajstić information content (AvgIpc) is 2.05. The van der Waals surface area contributed by atoms with Gasteiger partial charge in [0.25, 0.3) is 0 Å². The summed E-state index contributed by atoms with van der Waals surface area (Å²) in [6.45, 7) is 17.4. The van der Waals surface area contributed by atoms with Crippen molar-refractivity contribution in [3.05, 3.63) is 83.4 Å². The number of fused-ring (bicyclic) bond motifs is 2. The van der Waals surface area contributed by atoms with Gasteiger partial charge in [-0.1, -0.05) is 105 Å². The van der Waals surface area contributed by atoms with Crippen LogP contribution in [0.2, 0.25) is 0 Å². The molecule has 0 saturated carbocycles. The molecule has 0 amide bonds. The summed E-state index contributed by atoms with van der Waals surface area (Å²) in [6.07, 6.45) is 12.4. The minimum Gasteiger partial charge on any atom is -1.00 e. The SMILES string of the molecule is C.C=C(C1(C)C(C)=Nc2ccccc21)P(=O)(OCCCCCC(=O)O)OCCCCCC(=O)O.C=C(C1(C)C(C)=[N+](CCCCCC(=O)O)c2ccccc21)P(=O)(OCCCCCC(=O)O)OCCCCCC(=O)O.O=C(O)CCCCCBr.[Br-]. The minimum atomic E-state index is -3.87. The van der Waals surface area contributed by atoms with E-state index in [4.69, 9.17) is 48.7 Å². The van der Waals surface area contributed by atoms with Gasteiger partial charge in [-0.3, -0.25) is 42.9 Å². The molecule has 20 nitrogen and oxygen atoms in total. The van der Waals surface area contributed by atoms with Gasteiger partial charge in [0.1, 0.15) is 12.0 Å². The molecule has 0 bridgehead atoms. The van der Waals surface area contributed by atoms with Crippen LogP contribution in [0.4, 0.5) is 11.4 Å². The van der Waals surface area contributed by atoms with Gasteiger partial charge in [0.2, 0.25) is 5.69 Å². The van der Waals surface area contributed by atoms with Crippen LogP contribution in [0, 0.1) is 0 Å². The zero-order valence-electron chi connectivity index (χ0n) is 49.4. The molecule has 0 saturated heterocycles. The molecule has 0 radical (unpaired) electrons. The van der Waals surface area contributed by atoms with Crippen LogP contribution in [0.15, 0.2) is 77.3 Å². The standard InChI is InChI=1S/C30H44NO9P.C24H34NO7P.C6H11BrO2.CH4.BrH/c1-23-30(3,25-15-10-11-16-26(25)31(23)20-12-4-7-17-27(32)33)24(2)41(38,39-21-13-5-8-18-28(34)35)40-22-14-6-9-19-29(36)37;1-18-24(3,20-12-8-9-13-21(20)25-18)19(2)33(30,31-16-10-4-6-14-22(26)27)32-17-11-5-7-15-23(28)29;7-5-3-1-2-4-6(8)9;;/h10-11,15-16H,2,4-9,12-14,17-22H2,1,3H3,(H2-,32,33,34,35,36,37);8-9,12-13H,2,4-7,10-11,14-17H2,1,3H3,(H,26,27)(H,28,29);1-5H2,(H,8,9);1H4;1H. The molecule has 2 aromatic rings. The molecule has 2 unspecified atom stereocenters. The highest BCUT2D eigenvalue weighted by Gasteiger charge is 2.54. The third-order valence-electron chi connectivity index (χ3n) is 14.6. The third-order valence-corrected chi connectivity index (χ3v) is 19.5. The average molecular weight is 1370 g/mol. The zero-order chi connectivity index (χ0) is 62.1. The number of allylic oxidation sites excluding steroid dienone is 2. The molecule has 0 aliphatic carbocycles. The number of benzene rings is 2. The summed E-state index contributed by atoms with van der Waals surface area (Å²) in [4.78, 5) is 68.4. The van der Waals surface area contributed by atoms with Gasteiger partial charge in [-0.25, -0.2) is 0 Å². The van der Waals surface area contributed by atoms with Crippen LogP contribution in [-0.2, 0) is 66.8 Å². The Hall–Kier alpha value is -4.66. The van der Waals surface area contributed by atoms with Gasteiger partial charge >= 0.3 is 51.0 Å². The first-order valence-electron chi connectivity index (χ1n) is 28.7. The van der Waals surface area contributed by atoms with E-state index in [9.17, 15) is 37.9 Å². The Labute approximate surface area is 521 Å². The highest BCUT2D eigenvalue weighted by molar-refractivity contribution is 9.09. The number of carboxylic acid groups (broad SMARTS) is 6. The van der Waals surface area contributed by atoms with Crippen molar-refractivity contribution in [3.8, 4) is 0 Å². The Bertz CT molecular complexity index is 2590. The second-order valence-electron chi connectivity index (χ2n) is 20.9. The molecule has 2 aromatic carbocycles. The second-order valence-corrected chi connectivity index (χ2v) is 25.8. The molecule has 2 atom stereocenters. The van der Waals surface area contributed by atoms with Crippen LogP contribution in [0.25, 0.3) is 0 Å². The topological polar surface area (TPSA) is 310 Å². The van der Waals surface area contributed by atoms with Crippen LogP contribution in [0.5, 0.6) is 0 Å². The lowest BCUT2D eigenvalue weighted by atomic mass is 9.80. The lowest BCUT2D eigenvalue weighted by Crippen LogP contribution is -3.00. The van der Waals surface area contributed by atoms with E-state index in [1.807, 2.05) is 76.2 Å². The molecule has 0 fully saturated rings. The maximum Gasteiger partial charge on any atom is 0.358 e. The molecule has 2 heterocycles. The molecule has 480 valence electrons. The predicted octanol–water partition coefficient (Wildman–Crippen LogP) is 12.5. The van der Waals surface area contributed by atoms with Crippen LogP contribution in [-0.4, -0.2) is 121 Å². The minimum absolute atomic E-state index is 0.